The van der Waals surface area contributed by atoms with Gasteiger partial charge in [-0.25, -0.2) is 0 Å². The molecular formula is C15H30N2O. The van der Waals surface area contributed by atoms with Crippen LogP contribution in [-0.2, 0) is 4.79 Å². The van der Waals surface area contributed by atoms with Crippen LogP contribution in [0.5, 0.6) is 0 Å². The lowest BCUT2D eigenvalue weighted by Crippen LogP contribution is -2.43. The summed E-state index contributed by atoms with van der Waals surface area (Å²) in [7, 11) is 0. The highest BCUT2D eigenvalue weighted by Crippen LogP contribution is 2.29. The third kappa shape index (κ3) is 5.38. The minimum atomic E-state index is 0.228. The highest BCUT2D eigenvalue weighted by atomic mass is 16.1. The lowest BCUT2D eigenvalue weighted by Gasteiger charge is -2.34. The van der Waals surface area contributed by atoms with E-state index < -0.39 is 0 Å². The van der Waals surface area contributed by atoms with E-state index in [1.165, 1.54) is 12.8 Å². The molecule has 0 aromatic carbocycles. The van der Waals surface area contributed by atoms with Crippen molar-refractivity contribution in [1.29, 1.82) is 0 Å². The van der Waals surface area contributed by atoms with Crippen molar-refractivity contribution < 1.29 is 4.79 Å². The Morgan fingerprint density at radius 2 is 2.00 bits per heavy atom. The van der Waals surface area contributed by atoms with Gasteiger partial charge in [0.25, 0.3) is 0 Å². The molecule has 1 saturated carbocycles. The van der Waals surface area contributed by atoms with Gasteiger partial charge in [-0.05, 0) is 31.2 Å². The standard InChI is InChI=1S/C15H30N2O/c1-11(2)16-10-6-9-15(18)17-14-8-5-7-12(3)13(14)4/h11-14,16H,5-10H2,1-4H3,(H,17,18). The molecule has 0 bridgehead atoms. The second kappa shape index (κ2) is 7.78. The largest absolute Gasteiger partial charge is 0.353 e. The average Bonchev–Trinajstić information content (AvgIpc) is 2.30. The zero-order chi connectivity index (χ0) is 13.5. The zero-order valence-corrected chi connectivity index (χ0v) is 12.5. The van der Waals surface area contributed by atoms with Gasteiger partial charge in [-0.3, -0.25) is 4.79 Å². The fourth-order valence-corrected chi connectivity index (χ4v) is 2.70. The van der Waals surface area contributed by atoms with E-state index >= 15 is 0 Å². The molecule has 3 atom stereocenters. The molecule has 1 fully saturated rings. The molecule has 1 amide bonds. The van der Waals surface area contributed by atoms with Gasteiger partial charge in [0.2, 0.25) is 5.91 Å². The highest BCUT2D eigenvalue weighted by Gasteiger charge is 2.27. The Morgan fingerprint density at radius 3 is 2.67 bits per heavy atom. The van der Waals surface area contributed by atoms with Crippen molar-refractivity contribution >= 4 is 5.91 Å². The molecule has 3 nitrogen and oxygen atoms in total. The number of carbonyl (C=O) groups is 1. The van der Waals surface area contributed by atoms with Crippen LogP contribution < -0.4 is 10.6 Å². The van der Waals surface area contributed by atoms with Crippen molar-refractivity contribution in [2.75, 3.05) is 6.54 Å². The van der Waals surface area contributed by atoms with Crippen molar-refractivity contribution in [2.24, 2.45) is 11.8 Å². The van der Waals surface area contributed by atoms with E-state index in [1.807, 2.05) is 0 Å². The first kappa shape index (κ1) is 15.5. The number of hydrogen-bond donors (Lipinski definition) is 2. The minimum Gasteiger partial charge on any atom is -0.353 e. The minimum absolute atomic E-state index is 0.228. The summed E-state index contributed by atoms with van der Waals surface area (Å²) in [6.07, 6.45) is 5.30. The average molecular weight is 254 g/mol. The Kier molecular flexibility index (Phi) is 6.69. The third-order valence-corrected chi connectivity index (χ3v) is 4.19. The number of carbonyl (C=O) groups excluding carboxylic acids is 1. The molecule has 0 aliphatic heterocycles. The van der Waals surface area contributed by atoms with Crippen molar-refractivity contribution in [2.45, 2.75) is 71.9 Å². The maximum Gasteiger partial charge on any atom is 0.220 e. The van der Waals surface area contributed by atoms with Crippen LogP contribution >= 0.6 is 0 Å². The first-order valence-corrected chi connectivity index (χ1v) is 7.53. The van der Waals surface area contributed by atoms with Crippen LogP contribution in [0.25, 0.3) is 0 Å². The van der Waals surface area contributed by atoms with E-state index in [1.54, 1.807) is 0 Å². The molecule has 0 aromatic heterocycles. The van der Waals surface area contributed by atoms with Crippen LogP contribution in [0.1, 0.15) is 59.8 Å². The molecule has 106 valence electrons. The van der Waals surface area contributed by atoms with Gasteiger partial charge in [-0.1, -0.05) is 40.5 Å². The highest BCUT2D eigenvalue weighted by molar-refractivity contribution is 5.76. The van der Waals surface area contributed by atoms with E-state index in [9.17, 15) is 4.79 Å². The zero-order valence-electron chi connectivity index (χ0n) is 12.5. The van der Waals surface area contributed by atoms with Gasteiger partial charge in [-0.2, -0.15) is 0 Å². The molecule has 2 N–H and O–H groups in total. The third-order valence-electron chi connectivity index (χ3n) is 4.19. The summed E-state index contributed by atoms with van der Waals surface area (Å²) in [4.78, 5) is 11.9. The number of nitrogens with one attached hydrogen (secondary N) is 2. The first-order valence-electron chi connectivity index (χ1n) is 7.53. The summed E-state index contributed by atoms with van der Waals surface area (Å²) in [6.45, 7) is 9.77. The second-order valence-electron chi connectivity index (χ2n) is 6.15. The fraction of sp³-hybridized carbons (Fsp3) is 0.933. The Balaban J connectivity index is 2.19. The van der Waals surface area contributed by atoms with Crippen molar-refractivity contribution in [1.82, 2.24) is 10.6 Å². The summed E-state index contributed by atoms with van der Waals surface area (Å²) in [5, 5.41) is 6.56. The molecule has 0 saturated heterocycles. The van der Waals surface area contributed by atoms with Crippen LogP contribution in [0.4, 0.5) is 0 Å². The quantitative estimate of drug-likeness (QED) is 0.716. The predicted molar refractivity (Wildman–Crippen MR) is 76.5 cm³/mol. The van der Waals surface area contributed by atoms with Gasteiger partial charge >= 0.3 is 0 Å². The Bertz CT molecular complexity index is 253. The molecule has 1 aliphatic rings. The van der Waals surface area contributed by atoms with Gasteiger partial charge in [0.15, 0.2) is 0 Å². The second-order valence-corrected chi connectivity index (χ2v) is 6.15. The lowest BCUT2D eigenvalue weighted by atomic mass is 9.78. The van der Waals surface area contributed by atoms with E-state index in [-0.39, 0.29) is 5.91 Å². The van der Waals surface area contributed by atoms with Crippen LogP contribution in [-0.4, -0.2) is 24.5 Å². The van der Waals surface area contributed by atoms with E-state index in [0.717, 1.165) is 25.3 Å². The molecule has 0 aromatic rings. The van der Waals surface area contributed by atoms with Crippen molar-refractivity contribution in [3.8, 4) is 0 Å². The SMILES string of the molecule is CC(C)NCCCC(=O)NC1CCCC(C)C1C. The van der Waals surface area contributed by atoms with Crippen LogP contribution in [0, 0.1) is 11.8 Å². The van der Waals surface area contributed by atoms with E-state index in [0.29, 0.717) is 24.4 Å². The molecular weight excluding hydrogens is 224 g/mol. The lowest BCUT2D eigenvalue weighted by molar-refractivity contribution is -0.122. The smallest absolute Gasteiger partial charge is 0.220 e. The maximum atomic E-state index is 11.9. The van der Waals surface area contributed by atoms with E-state index in [4.69, 9.17) is 0 Å². The normalized spacial score (nSPS) is 28.4. The molecule has 18 heavy (non-hydrogen) atoms. The molecule has 0 heterocycles. The summed E-state index contributed by atoms with van der Waals surface area (Å²) in [6, 6.07) is 0.909. The summed E-state index contributed by atoms with van der Waals surface area (Å²) < 4.78 is 0. The molecule has 1 aliphatic carbocycles. The summed E-state index contributed by atoms with van der Waals surface area (Å²) in [5.41, 5.74) is 0. The molecule has 3 unspecified atom stereocenters. The predicted octanol–water partition coefficient (Wildman–Crippen LogP) is 2.71. The van der Waals surface area contributed by atoms with Crippen LogP contribution in [0.3, 0.4) is 0 Å². The van der Waals surface area contributed by atoms with Gasteiger partial charge in [0.05, 0.1) is 0 Å². The number of hydrogen-bond acceptors (Lipinski definition) is 2. The van der Waals surface area contributed by atoms with Crippen LogP contribution in [0.15, 0.2) is 0 Å². The fourth-order valence-electron chi connectivity index (χ4n) is 2.70. The molecule has 3 heteroatoms. The van der Waals surface area contributed by atoms with Crippen molar-refractivity contribution in [3.63, 3.8) is 0 Å². The maximum absolute atomic E-state index is 11.9. The van der Waals surface area contributed by atoms with Gasteiger partial charge in [0, 0.05) is 18.5 Å². The molecule has 0 spiro atoms. The summed E-state index contributed by atoms with van der Waals surface area (Å²) in [5.74, 6) is 1.59. The topological polar surface area (TPSA) is 41.1 Å². The van der Waals surface area contributed by atoms with Gasteiger partial charge in [0.1, 0.15) is 0 Å². The van der Waals surface area contributed by atoms with Gasteiger partial charge in [-0.15, -0.1) is 0 Å². The Morgan fingerprint density at radius 1 is 1.28 bits per heavy atom. The molecule has 1 rings (SSSR count). The monoisotopic (exact) mass is 254 g/mol. The number of amides is 1. The Hall–Kier alpha value is -0.570. The first-order chi connectivity index (χ1) is 8.50. The van der Waals surface area contributed by atoms with Crippen LogP contribution in [0.2, 0.25) is 0 Å². The van der Waals surface area contributed by atoms with Gasteiger partial charge < -0.3 is 10.6 Å². The van der Waals surface area contributed by atoms with E-state index in [2.05, 4.69) is 38.3 Å². The number of rotatable bonds is 6. The Labute approximate surface area is 112 Å². The summed E-state index contributed by atoms with van der Waals surface area (Å²) >= 11 is 0. The van der Waals surface area contributed by atoms with Crippen molar-refractivity contribution in [3.05, 3.63) is 0 Å². The molecule has 0 radical (unpaired) electrons.